The summed E-state index contributed by atoms with van der Waals surface area (Å²) < 4.78 is 0. The molecule has 0 aliphatic rings. The quantitative estimate of drug-likeness (QED) is 0.404. The number of aryl methyl sites for hydroxylation is 1. The van der Waals surface area contributed by atoms with Crippen LogP contribution in [-0.4, -0.2) is 29.5 Å². The number of benzene rings is 1. The molecule has 0 unspecified atom stereocenters. The van der Waals surface area contributed by atoms with Gasteiger partial charge >= 0.3 is 0 Å². The third kappa shape index (κ3) is 8.86. The summed E-state index contributed by atoms with van der Waals surface area (Å²) in [5.74, 6) is 0.237. The van der Waals surface area contributed by atoms with Gasteiger partial charge in [-0.1, -0.05) is 45.9 Å². The number of carbonyl (C=O) groups is 2. The zero-order valence-corrected chi connectivity index (χ0v) is 17.7. The molecule has 27 heavy (non-hydrogen) atoms. The minimum Gasteiger partial charge on any atom is -0.361 e. The van der Waals surface area contributed by atoms with Crippen molar-refractivity contribution in [3.63, 3.8) is 0 Å². The molecule has 1 rings (SSSR count). The van der Waals surface area contributed by atoms with Gasteiger partial charge in [0.2, 0.25) is 0 Å². The molecule has 1 aromatic rings. The number of nitrogens with one attached hydrogen (secondary N) is 4. The first-order valence-electron chi connectivity index (χ1n) is 9.40. The summed E-state index contributed by atoms with van der Waals surface area (Å²) in [6, 6.07) is 6.66. The Morgan fingerprint density at radius 2 is 1.70 bits per heavy atom. The fourth-order valence-corrected chi connectivity index (χ4v) is 2.64. The standard InChI is InChI=1S/C20H32N4O2S/c1-13(2)10-11-21-20(27)24-23-19(26)17(12-14(3)4)22-18(25)16-9-7-6-8-15(16)5/h6-9,13-14,17H,10-12H2,1-5H3,(H,22,25)(H,23,26)(H2,21,24,27)/t17-/m1/s1. The molecule has 6 nitrogen and oxygen atoms in total. The highest BCUT2D eigenvalue weighted by atomic mass is 32.1. The van der Waals surface area contributed by atoms with Gasteiger partial charge in [-0.3, -0.25) is 20.4 Å². The van der Waals surface area contributed by atoms with Crippen LogP contribution in [0.3, 0.4) is 0 Å². The molecule has 0 saturated carbocycles. The van der Waals surface area contributed by atoms with Gasteiger partial charge in [-0.05, 0) is 55.4 Å². The van der Waals surface area contributed by atoms with E-state index in [9.17, 15) is 9.59 Å². The van der Waals surface area contributed by atoms with Crippen LogP contribution in [0.25, 0.3) is 0 Å². The maximum atomic E-state index is 12.6. The average molecular weight is 393 g/mol. The van der Waals surface area contributed by atoms with Crippen molar-refractivity contribution in [1.29, 1.82) is 0 Å². The topological polar surface area (TPSA) is 82.3 Å². The van der Waals surface area contributed by atoms with E-state index in [0.29, 0.717) is 23.0 Å². The summed E-state index contributed by atoms with van der Waals surface area (Å²) in [4.78, 5) is 25.1. The molecule has 1 atom stereocenters. The van der Waals surface area contributed by atoms with Crippen LogP contribution in [0.1, 0.15) is 56.5 Å². The molecule has 2 amide bonds. The second-order valence-corrected chi connectivity index (χ2v) is 7.93. The van der Waals surface area contributed by atoms with Gasteiger partial charge in [-0.15, -0.1) is 0 Å². The Labute approximate surface area is 167 Å². The van der Waals surface area contributed by atoms with E-state index in [1.807, 2.05) is 39.0 Å². The lowest BCUT2D eigenvalue weighted by molar-refractivity contribution is -0.123. The number of hydrogen-bond acceptors (Lipinski definition) is 3. The summed E-state index contributed by atoms with van der Waals surface area (Å²) in [6.45, 7) is 10.9. The van der Waals surface area contributed by atoms with Crippen LogP contribution in [0.15, 0.2) is 24.3 Å². The number of amides is 2. The minimum absolute atomic E-state index is 0.244. The van der Waals surface area contributed by atoms with Crippen LogP contribution in [0.2, 0.25) is 0 Å². The van der Waals surface area contributed by atoms with E-state index in [0.717, 1.165) is 18.5 Å². The molecule has 0 radical (unpaired) electrons. The van der Waals surface area contributed by atoms with Crippen molar-refractivity contribution in [2.24, 2.45) is 11.8 Å². The molecule has 0 heterocycles. The summed E-state index contributed by atoms with van der Waals surface area (Å²) in [7, 11) is 0. The molecule has 0 aliphatic carbocycles. The van der Waals surface area contributed by atoms with Crippen LogP contribution >= 0.6 is 12.2 Å². The molecule has 150 valence electrons. The number of hydrogen-bond donors (Lipinski definition) is 4. The van der Waals surface area contributed by atoms with Crippen molar-refractivity contribution >= 4 is 29.1 Å². The Hall–Kier alpha value is -2.15. The molecule has 0 aromatic heterocycles. The van der Waals surface area contributed by atoms with Crippen LogP contribution in [-0.2, 0) is 4.79 Å². The van der Waals surface area contributed by atoms with E-state index in [2.05, 4.69) is 35.3 Å². The first-order chi connectivity index (χ1) is 12.7. The highest BCUT2D eigenvalue weighted by Gasteiger charge is 2.23. The van der Waals surface area contributed by atoms with Crippen LogP contribution < -0.4 is 21.5 Å². The van der Waals surface area contributed by atoms with E-state index >= 15 is 0 Å². The first kappa shape index (κ1) is 22.9. The van der Waals surface area contributed by atoms with Gasteiger partial charge < -0.3 is 10.6 Å². The summed E-state index contributed by atoms with van der Waals surface area (Å²) in [5.41, 5.74) is 6.73. The predicted octanol–water partition coefficient (Wildman–Crippen LogP) is 2.68. The number of thiocarbonyl (C=S) groups is 1. The molecule has 4 N–H and O–H groups in total. The second-order valence-electron chi connectivity index (χ2n) is 7.52. The zero-order valence-electron chi connectivity index (χ0n) is 16.9. The van der Waals surface area contributed by atoms with Crippen molar-refractivity contribution in [1.82, 2.24) is 21.5 Å². The summed E-state index contributed by atoms with van der Waals surface area (Å²) in [5, 5.41) is 6.23. The molecule has 7 heteroatoms. The van der Waals surface area contributed by atoms with Crippen molar-refractivity contribution in [2.75, 3.05) is 6.54 Å². The van der Waals surface area contributed by atoms with Crippen molar-refractivity contribution in [3.05, 3.63) is 35.4 Å². The van der Waals surface area contributed by atoms with Crippen molar-refractivity contribution < 1.29 is 9.59 Å². The van der Waals surface area contributed by atoms with E-state index in [1.54, 1.807) is 6.07 Å². The van der Waals surface area contributed by atoms with Crippen molar-refractivity contribution in [3.8, 4) is 0 Å². The predicted molar refractivity (Wildman–Crippen MR) is 113 cm³/mol. The number of hydrazine groups is 1. The molecule has 0 bridgehead atoms. The molecule has 0 aliphatic heterocycles. The Morgan fingerprint density at radius 1 is 1.04 bits per heavy atom. The third-order valence-corrected chi connectivity index (χ3v) is 4.27. The zero-order chi connectivity index (χ0) is 20.4. The van der Waals surface area contributed by atoms with E-state index in [-0.39, 0.29) is 17.7 Å². The number of rotatable bonds is 8. The molecule has 0 fully saturated rings. The second kappa shape index (κ2) is 11.5. The normalized spacial score (nSPS) is 11.8. The third-order valence-electron chi connectivity index (χ3n) is 4.03. The molecule has 1 aromatic carbocycles. The van der Waals surface area contributed by atoms with E-state index in [4.69, 9.17) is 12.2 Å². The lowest BCUT2D eigenvalue weighted by Crippen LogP contribution is -2.54. The Morgan fingerprint density at radius 3 is 2.30 bits per heavy atom. The Kier molecular flexibility index (Phi) is 9.78. The van der Waals surface area contributed by atoms with Gasteiger partial charge in [-0.25, -0.2) is 0 Å². The van der Waals surface area contributed by atoms with Crippen LogP contribution in [0.4, 0.5) is 0 Å². The largest absolute Gasteiger partial charge is 0.361 e. The highest BCUT2D eigenvalue weighted by Crippen LogP contribution is 2.10. The van der Waals surface area contributed by atoms with Crippen LogP contribution in [0.5, 0.6) is 0 Å². The number of carbonyl (C=O) groups excluding carboxylic acids is 2. The Bertz CT molecular complexity index is 647. The van der Waals surface area contributed by atoms with Gasteiger partial charge in [0.05, 0.1) is 0 Å². The van der Waals surface area contributed by atoms with Gasteiger partial charge in [-0.2, -0.15) is 0 Å². The summed E-state index contributed by atoms with van der Waals surface area (Å²) >= 11 is 5.16. The van der Waals surface area contributed by atoms with Crippen LogP contribution in [0, 0.1) is 18.8 Å². The lowest BCUT2D eigenvalue weighted by Gasteiger charge is -2.21. The van der Waals surface area contributed by atoms with Crippen molar-refractivity contribution in [2.45, 2.75) is 53.5 Å². The molecule has 0 spiro atoms. The summed E-state index contributed by atoms with van der Waals surface area (Å²) in [6.07, 6.45) is 1.51. The Balaban J connectivity index is 2.62. The van der Waals surface area contributed by atoms with Gasteiger partial charge in [0.1, 0.15) is 6.04 Å². The fourth-order valence-electron chi connectivity index (χ4n) is 2.49. The monoisotopic (exact) mass is 392 g/mol. The molecular formula is C20H32N4O2S. The lowest BCUT2D eigenvalue weighted by atomic mass is 10.0. The van der Waals surface area contributed by atoms with Gasteiger partial charge in [0.15, 0.2) is 5.11 Å². The van der Waals surface area contributed by atoms with E-state index < -0.39 is 6.04 Å². The fraction of sp³-hybridized carbons (Fsp3) is 0.550. The molecular weight excluding hydrogens is 360 g/mol. The smallest absolute Gasteiger partial charge is 0.260 e. The average Bonchev–Trinajstić information content (AvgIpc) is 2.58. The van der Waals surface area contributed by atoms with Gasteiger partial charge in [0.25, 0.3) is 11.8 Å². The maximum Gasteiger partial charge on any atom is 0.260 e. The molecule has 0 saturated heterocycles. The maximum absolute atomic E-state index is 12.6. The first-order valence-corrected chi connectivity index (χ1v) is 9.81. The minimum atomic E-state index is -0.650. The highest BCUT2D eigenvalue weighted by molar-refractivity contribution is 7.80. The van der Waals surface area contributed by atoms with Gasteiger partial charge in [0, 0.05) is 12.1 Å². The van der Waals surface area contributed by atoms with E-state index in [1.165, 1.54) is 0 Å². The SMILES string of the molecule is Cc1ccccc1C(=O)N[C@H](CC(C)C)C(=O)NNC(=S)NCCC(C)C.